The van der Waals surface area contributed by atoms with E-state index in [-0.39, 0.29) is 23.4 Å². The summed E-state index contributed by atoms with van der Waals surface area (Å²) in [5.41, 5.74) is 1.80. The maximum Gasteiger partial charge on any atom is 0.311 e. The predicted octanol–water partition coefficient (Wildman–Crippen LogP) is 2.62. The van der Waals surface area contributed by atoms with Gasteiger partial charge < -0.3 is 9.72 Å². The lowest BCUT2D eigenvalue weighted by Crippen LogP contribution is -2.18. The largest absolute Gasteiger partial charge is 0.427 e. The molecule has 8 heteroatoms. The summed E-state index contributed by atoms with van der Waals surface area (Å²) < 4.78 is 5.21. The van der Waals surface area contributed by atoms with Crippen molar-refractivity contribution in [1.29, 1.82) is 5.26 Å². The van der Waals surface area contributed by atoms with Gasteiger partial charge in [0.15, 0.2) is 0 Å². The molecule has 1 aromatic heterocycles. The first-order chi connectivity index (χ1) is 12.2. The normalized spacial score (nSPS) is 10.2. The van der Waals surface area contributed by atoms with Crippen molar-refractivity contribution in [2.75, 3.05) is 0 Å². The number of ether oxygens (including phenoxy) is 1. The number of benzene rings is 1. The molecule has 0 saturated heterocycles. The molecule has 0 aliphatic rings. The first-order valence-corrected chi connectivity index (χ1v) is 7.82. The number of carbonyl (C=O) groups excluding carboxylic acids is 1. The van der Waals surface area contributed by atoms with Crippen LogP contribution in [0.5, 0.6) is 5.75 Å². The number of carbonyl (C=O) groups is 1. The minimum atomic E-state index is -0.512. The van der Waals surface area contributed by atoms with Crippen LogP contribution in [0.4, 0.5) is 5.69 Å². The molecule has 26 heavy (non-hydrogen) atoms. The number of H-pyrrole nitrogens is 1. The number of aromatic amines is 1. The molecule has 2 rings (SSSR count). The standard InChI is InChI=1S/C18H17N3O5/c1-10-8-13(4-6-16(10)21(24)25)26-17(22)7-5-14-11(2)15(9-19)18(23)20-12(14)3/h4,6,8H,5,7H2,1-3H3,(H,20,23). The number of hydrogen-bond donors (Lipinski definition) is 1. The van der Waals surface area contributed by atoms with E-state index in [0.29, 0.717) is 23.2 Å². The van der Waals surface area contributed by atoms with Gasteiger partial charge in [-0.1, -0.05) is 0 Å². The number of aryl methyl sites for hydroxylation is 2. The molecule has 8 nitrogen and oxygen atoms in total. The highest BCUT2D eigenvalue weighted by molar-refractivity contribution is 5.73. The molecular formula is C18H17N3O5. The van der Waals surface area contributed by atoms with Gasteiger partial charge in [0.05, 0.1) is 11.3 Å². The lowest BCUT2D eigenvalue weighted by atomic mass is 9.99. The predicted molar refractivity (Wildman–Crippen MR) is 93.0 cm³/mol. The van der Waals surface area contributed by atoms with E-state index < -0.39 is 16.5 Å². The topological polar surface area (TPSA) is 126 Å². The van der Waals surface area contributed by atoms with E-state index in [2.05, 4.69) is 4.98 Å². The third-order valence-electron chi connectivity index (χ3n) is 4.10. The number of nitrogens with one attached hydrogen (secondary N) is 1. The number of nitro benzene ring substituents is 1. The van der Waals surface area contributed by atoms with E-state index in [0.717, 1.165) is 5.56 Å². The molecule has 0 amide bonds. The van der Waals surface area contributed by atoms with Crippen LogP contribution in [0.15, 0.2) is 23.0 Å². The molecule has 0 unspecified atom stereocenters. The zero-order chi connectivity index (χ0) is 19.4. The molecule has 1 N–H and O–H groups in total. The second-order valence-electron chi connectivity index (χ2n) is 5.85. The quantitative estimate of drug-likeness (QED) is 0.380. The zero-order valence-corrected chi connectivity index (χ0v) is 14.6. The minimum absolute atomic E-state index is 0.0324. The van der Waals surface area contributed by atoms with Crippen molar-refractivity contribution in [3.63, 3.8) is 0 Å². The molecule has 0 spiro atoms. The van der Waals surface area contributed by atoms with Crippen molar-refractivity contribution in [3.8, 4) is 11.8 Å². The van der Waals surface area contributed by atoms with Crippen LogP contribution in [-0.2, 0) is 11.2 Å². The Labute approximate surface area is 149 Å². The fourth-order valence-corrected chi connectivity index (χ4v) is 2.73. The monoisotopic (exact) mass is 355 g/mol. The van der Waals surface area contributed by atoms with Crippen molar-refractivity contribution in [2.45, 2.75) is 33.6 Å². The van der Waals surface area contributed by atoms with Crippen LogP contribution in [0.2, 0.25) is 0 Å². The van der Waals surface area contributed by atoms with Gasteiger partial charge in [0.25, 0.3) is 11.2 Å². The minimum Gasteiger partial charge on any atom is -0.427 e. The van der Waals surface area contributed by atoms with Crippen molar-refractivity contribution >= 4 is 11.7 Å². The first-order valence-electron chi connectivity index (χ1n) is 7.82. The number of rotatable bonds is 5. The molecule has 0 fully saturated rings. The summed E-state index contributed by atoms with van der Waals surface area (Å²) in [6.07, 6.45) is 0.336. The molecule has 0 aliphatic heterocycles. The average Bonchev–Trinajstić information content (AvgIpc) is 2.54. The van der Waals surface area contributed by atoms with Gasteiger partial charge in [0, 0.05) is 17.3 Å². The van der Waals surface area contributed by atoms with Gasteiger partial charge in [0.1, 0.15) is 17.4 Å². The molecule has 1 aromatic carbocycles. The number of nitriles is 1. The van der Waals surface area contributed by atoms with Gasteiger partial charge in [-0.3, -0.25) is 19.7 Å². The van der Waals surface area contributed by atoms with E-state index >= 15 is 0 Å². The number of pyridine rings is 1. The second kappa shape index (κ2) is 7.61. The fraction of sp³-hybridized carbons (Fsp3) is 0.278. The van der Waals surface area contributed by atoms with Gasteiger partial charge in [-0.15, -0.1) is 0 Å². The number of nitrogens with zero attached hydrogens (tertiary/aromatic N) is 2. The molecule has 0 saturated carbocycles. The third kappa shape index (κ3) is 3.95. The Bertz CT molecular complexity index is 986. The van der Waals surface area contributed by atoms with Crippen LogP contribution in [0, 0.1) is 42.2 Å². The highest BCUT2D eigenvalue weighted by atomic mass is 16.6. The smallest absolute Gasteiger partial charge is 0.311 e. The molecule has 0 atom stereocenters. The number of aromatic nitrogens is 1. The molecule has 0 bridgehead atoms. The van der Waals surface area contributed by atoms with Crippen LogP contribution in [0.25, 0.3) is 0 Å². The Hall–Kier alpha value is -3.47. The van der Waals surface area contributed by atoms with E-state index in [1.54, 1.807) is 20.8 Å². The van der Waals surface area contributed by atoms with E-state index in [4.69, 9.17) is 10.00 Å². The van der Waals surface area contributed by atoms with Crippen LogP contribution in [0.1, 0.15) is 34.4 Å². The van der Waals surface area contributed by atoms with Crippen molar-refractivity contribution in [3.05, 3.63) is 66.6 Å². The van der Waals surface area contributed by atoms with Crippen LogP contribution in [0.3, 0.4) is 0 Å². The highest BCUT2D eigenvalue weighted by Crippen LogP contribution is 2.23. The first kappa shape index (κ1) is 18.9. The van der Waals surface area contributed by atoms with Crippen molar-refractivity contribution in [1.82, 2.24) is 4.98 Å². The molecule has 0 aliphatic carbocycles. The molecular weight excluding hydrogens is 338 g/mol. The number of esters is 1. The Morgan fingerprint density at radius 2 is 2.04 bits per heavy atom. The molecule has 1 heterocycles. The van der Waals surface area contributed by atoms with Gasteiger partial charge in [-0.05, 0) is 50.5 Å². The zero-order valence-electron chi connectivity index (χ0n) is 14.6. The lowest BCUT2D eigenvalue weighted by molar-refractivity contribution is -0.385. The van der Waals surface area contributed by atoms with E-state index in [9.17, 15) is 19.7 Å². The van der Waals surface area contributed by atoms with Gasteiger partial charge in [0.2, 0.25) is 0 Å². The fourth-order valence-electron chi connectivity index (χ4n) is 2.73. The summed E-state index contributed by atoms with van der Waals surface area (Å²) in [5, 5.41) is 19.9. The van der Waals surface area contributed by atoms with Crippen LogP contribution < -0.4 is 10.3 Å². The molecule has 0 radical (unpaired) electrons. The van der Waals surface area contributed by atoms with Gasteiger partial charge in [-0.25, -0.2) is 0 Å². The maximum atomic E-state index is 12.1. The lowest BCUT2D eigenvalue weighted by Gasteiger charge is -2.11. The van der Waals surface area contributed by atoms with Crippen LogP contribution in [-0.4, -0.2) is 15.9 Å². The molecule has 2 aromatic rings. The summed E-state index contributed by atoms with van der Waals surface area (Å²) in [6.45, 7) is 4.93. The summed E-state index contributed by atoms with van der Waals surface area (Å²) in [5.74, 6) is -0.285. The van der Waals surface area contributed by atoms with Crippen molar-refractivity contribution < 1.29 is 14.5 Å². The Balaban J connectivity index is 2.11. The summed E-state index contributed by atoms with van der Waals surface area (Å²) in [6, 6.07) is 5.95. The Morgan fingerprint density at radius 1 is 1.35 bits per heavy atom. The van der Waals surface area contributed by atoms with E-state index in [1.165, 1.54) is 18.2 Å². The Kier molecular flexibility index (Phi) is 5.52. The second-order valence-corrected chi connectivity index (χ2v) is 5.85. The highest BCUT2D eigenvalue weighted by Gasteiger charge is 2.15. The number of nitro groups is 1. The summed E-state index contributed by atoms with van der Waals surface area (Å²) in [7, 11) is 0. The summed E-state index contributed by atoms with van der Waals surface area (Å²) in [4.78, 5) is 36.7. The maximum absolute atomic E-state index is 12.1. The summed E-state index contributed by atoms with van der Waals surface area (Å²) >= 11 is 0. The Morgan fingerprint density at radius 3 is 2.62 bits per heavy atom. The van der Waals surface area contributed by atoms with Crippen molar-refractivity contribution in [2.24, 2.45) is 0 Å². The third-order valence-corrected chi connectivity index (χ3v) is 4.10. The van der Waals surface area contributed by atoms with E-state index in [1.807, 2.05) is 6.07 Å². The average molecular weight is 355 g/mol. The molecule has 134 valence electrons. The van der Waals surface area contributed by atoms with Crippen LogP contribution >= 0.6 is 0 Å². The number of hydrogen-bond acceptors (Lipinski definition) is 6. The SMILES string of the molecule is Cc1cc(OC(=O)CCc2c(C)[nH]c(=O)c(C#N)c2C)ccc1[N+](=O)[O-]. The van der Waals surface area contributed by atoms with Gasteiger partial charge in [-0.2, -0.15) is 5.26 Å². The van der Waals surface area contributed by atoms with Gasteiger partial charge >= 0.3 is 5.97 Å².